The fourth-order valence-corrected chi connectivity index (χ4v) is 25.7. The van der Waals surface area contributed by atoms with E-state index in [1.807, 2.05) is 0 Å². The zero-order valence-corrected chi connectivity index (χ0v) is 64.3. The van der Waals surface area contributed by atoms with Gasteiger partial charge in [0.05, 0.1) is 32.8 Å². The van der Waals surface area contributed by atoms with Crippen molar-refractivity contribution in [1.82, 2.24) is 0 Å². The van der Waals surface area contributed by atoms with Crippen LogP contribution in [0.4, 0.5) is 0 Å². The summed E-state index contributed by atoms with van der Waals surface area (Å²) in [6.07, 6.45) is 28.2. The van der Waals surface area contributed by atoms with Crippen molar-refractivity contribution < 1.29 is 76.7 Å². The van der Waals surface area contributed by atoms with E-state index in [2.05, 4.69) is 27.7 Å². The number of hydrogen-bond donors (Lipinski definition) is 0. The fourth-order valence-electron chi connectivity index (χ4n) is 25.7. The second-order valence-corrected chi connectivity index (χ2v) is 37.4. The molecule has 106 heavy (non-hydrogen) atoms. The Kier molecular flexibility index (Phi) is 23.8. The van der Waals surface area contributed by atoms with Crippen LogP contribution in [-0.2, 0) is 47.9 Å². The normalized spacial score (nSPS) is 33.1. The summed E-state index contributed by atoms with van der Waals surface area (Å²) in [6, 6.07) is 8.35. The summed E-state index contributed by atoms with van der Waals surface area (Å²) in [5.41, 5.74) is -5.20. The van der Waals surface area contributed by atoms with Crippen molar-refractivity contribution in [3.63, 3.8) is 0 Å². The molecule has 16 aliphatic carbocycles. The Hall–Kier alpha value is -6.06. The summed E-state index contributed by atoms with van der Waals surface area (Å²) in [5.74, 6) is -2.63. The van der Waals surface area contributed by atoms with Crippen molar-refractivity contribution in [3.05, 3.63) is 69.8 Å². The van der Waals surface area contributed by atoms with Gasteiger partial charge in [-0.05, 0) is 289 Å². The Morgan fingerprint density at radius 3 is 0.689 bits per heavy atom. The molecule has 0 radical (unpaired) electrons. The number of benzene rings is 2. The summed E-state index contributed by atoms with van der Waals surface area (Å²) in [5, 5.41) is 0. The first-order valence-corrected chi connectivity index (χ1v) is 42.9. The van der Waals surface area contributed by atoms with Gasteiger partial charge in [0.1, 0.15) is 0 Å². The molecule has 16 bridgehead atoms. The predicted molar refractivity (Wildman–Crippen MR) is 398 cm³/mol. The van der Waals surface area contributed by atoms with Crippen LogP contribution in [0.25, 0.3) is 0 Å². The highest BCUT2D eigenvalue weighted by Gasteiger charge is 2.61. The van der Waals surface area contributed by atoms with Crippen molar-refractivity contribution in [2.24, 2.45) is 92.7 Å². The van der Waals surface area contributed by atoms with Gasteiger partial charge in [-0.2, -0.15) is 0 Å². The lowest BCUT2D eigenvalue weighted by Crippen LogP contribution is -2.51. The zero-order chi connectivity index (χ0) is 74.1. The van der Waals surface area contributed by atoms with E-state index in [4.69, 9.17) is 28.7 Å². The maximum absolute atomic E-state index is 16.2. The number of ether oxygens (including phenoxy) is 4. The minimum absolute atomic E-state index is 0.0920. The van der Waals surface area contributed by atoms with Crippen LogP contribution in [0, 0.1) is 92.7 Å². The topological polar surface area (TPSA) is 226 Å². The molecule has 0 aromatic heterocycles. The second kappa shape index (κ2) is 32.9. The lowest BCUT2D eigenvalue weighted by molar-refractivity contribution is -0.187. The first-order chi connectivity index (χ1) is 51.2. The van der Waals surface area contributed by atoms with Crippen LogP contribution < -0.4 is 0 Å². The summed E-state index contributed by atoms with van der Waals surface area (Å²) in [4.78, 5) is 167. The molecule has 0 N–H and O–H groups in total. The fraction of sp³-hybridized carbons (Fsp3) is 0.756. The third-order valence-corrected chi connectivity index (χ3v) is 29.1. The van der Waals surface area contributed by atoms with Gasteiger partial charge in [0.15, 0.2) is 24.4 Å². The molecule has 16 fully saturated rings. The molecule has 0 amide bonds. The lowest BCUT2D eigenvalue weighted by Gasteiger charge is -2.55. The van der Waals surface area contributed by atoms with Gasteiger partial charge < -0.3 is 18.9 Å². The molecule has 16 aliphatic rings. The molecule has 0 aliphatic heterocycles. The Bertz CT molecular complexity index is 3240. The molecule has 18 rings (SSSR count). The van der Waals surface area contributed by atoms with Crippen LogP contribution in [-0.4, -0.2) is 83.4 Å². The van der Waals surface area contributed by atoms with E-state index in [1.54, 1.807) is 0 Å². The number of carbonyl (C=O) groups excluding carboxylic acids is 10. The van der Waals surface area contributed by atoms with Gasteiger partial charge in [-0.15, -0.1) is 0 Å². The van der Waals surface area contributed by atoms with Gasteiger partial charge in [0, 0.05) is 22.3 Å². The van der Waals surface area contributed by atoms with Crippen molar-refractivity contribution >= 4 is 58.9 Å². The van der Waals surface area contributed by atoms with Crippen LogP contribution >= 0.6 is 0 Å². The molecule has 2 aromatic carbocycles. The summed E-state index contributed by atoms with van der Waals surface area (Å²) in [6.45, 7) is 8.32. The first-order valence-electron chi connectivity index (χ1n) is 42.9. The Morgan fingerprint density at radius 2 is 0.481 bits per heavy atom. The van der Waals surface area contributed by atoms with Crippen molar-refractivity contribution in [1.29, 1.82) is 0 Å². The molecule has 16 heteroatoms. The molecular formula is C90H122O16. The Morgan fingerprint density at radius 1 is 0.283 bits per heavy atom. The molecule has 16 saturated carbocycles. The zero-order valence-electron chi connectivity index (χ0n) is 64.3. The lowest BCUT2D eigenvalue weighted by atomic mass is 9.49. The van der Waals surface area contributed by atoms with E-state index < -0.39 is 127 Å². The maximum Gasteiger partial charge on any atom is 0.387 e. The van der Waals surface area contributed by atoms with Gasteiger partial charge in [-0.1, -0.05) is 129 Å². The average Bonchev–Trinajstić information content (AvgIpc) is 0.761. The van der Waals surface area contributed by atoms with E-state index in [1.165, 1.54) is 36.4 Å². The number of esters is 4. The van der Waals surface area contributed by atoms with Crippen molar-refractivity contribution in [2.45, 2.75) is 335 Å². The van der Waals surface area contributed by atoms with Gasteiger partial charge in [-0.3, -0.25) is 38.4 Å². The van der Waals surface area contributed by atoms with Crippen LogP contribution in [0.15, 0.2) is 36.4 Å². The number of unbranched alkanes of at least 4 members (excludes halogenated alkanes) is 12. The van der Waals surface area contributed by atoms with Gasteiger partial charge >= 0.3 is 35.8 Å². The first kappa shape index (κ1) is 76.7. The standard InChI is InChI=1S/C90H122O16/c1-5-9-13-17-27-71(101-83(97)87-43-55-31-56(44-87)33-57(32-55)45-87)77(91)67-23-21-25-69(75(67)79(93)73(29-19-15-11-7-3)103-85(99)89-49-61-37-62(50-89)39-63(38-61)51-89)81(95)105-106-82(96)70-26-22-24-68(78(92)72(28-18-14-10-6-2)102-84(98)88-46-58-34-59(47-88)36-60(35-58)48-88)76(70)80(94)74(30-20-16-12-8-4)104-86(100)90-52-64-40-65(53-90)42-66(41-64)54-90/h21-26,55-66,71-74H,5-20,27-54H2,1-4H3. The molecule has 4 atom stereocenters. The molecule has 4 unspecified atom stereocenters. The molecular weight excluding hydrogens is 1340 g/mol. The second-order valence-electron chi connectivity index (χ2n) is 37.4. The molecule has 578 valence electrons. The summed E-state index contributed by atoms with van der Waals surface area (Å²) < 4.78 is 26.3. The Balaban J connectivity index is 0.813. The third kappa shape index (κ3) is 16.1. The molecule has 0 heterocycles. The SMILES string of the molecule is CCCCCCC(OC(=O)C12CC3CC(CC(C3)C1)C2)C(=O)c1cccc(C(=O)OOC(=O)c2cccc(C(=O)C(CCCCCC)OC(=O)C34CC5CC(CC(C5)C3)C4)c2C(=O)C(CCCCCC)OC(=O)C23CC4CC(CC(C4)C2)C3)c1C(=O)C(CCCCCC)OC(=O)C12CC3CC(CC(C3)C1)C2. The average molecular weight is 1460 g/mol. The van der Waals surface area contributed by atoms with E-state index in [0.29, 0.717) is 187 Å². The smallest absolute Gasteiger partial charge is 0.387 e. The van der Waals surface area contributed by atoms with Crippen LogP contribution in [0.2, 0.25) is 0 Å². The monoisotopic (exact) mass is 1460 g/mol. The highest BCUT2D eigenvalue weighted by atomic mass is 17.2. The third-order valence-electron chi connectivity index (χ3n) is 29.1. The predicted octanol–water partition coefficient (Wildman–Crippen LogP) is 19.7. The minimum atomic E-state index is -1.44. The summed E-state index contributed by atoms with van der Waals surface area (Å²) in [7, 11) is 0. The van der Waals surface area contributed by atoms with E-state index in [0.717, 1.165) is 141 Å². The number of rotatable bonds is 38. The minimum Gasteiger partial charge on any atom is -0.454 e. The highest BCUT2D eigenvalue weighted by Crippen LogP contribution is 2.64. The largest absolute Gasteiger partial charge is 0.454 e. The van der Waals surface area contributed by atoms with E-state index in [-0.39, 0.29) is 36.8 Å². The van der Waals surface area contributed by atoms with E-state index >= 15 is 38.4 Å². The number of carbonyl (C=O) groups is 10. The maximum atomic E-state index is 16.2. The van der Waals surface area contributed by atoms with Crippen LogP contribution in [0.1, 0.15) is 372 Å². The molecule has 0 saturated heterocycles. The van der Waals surface area contributed by atoms with Crippen LogP contribution in [0.3, 0.4) is 0 Å². The van der Waals surface area contributed by atoms with Gasteiger partial charge in [-0.25, -0.2) is 19.4 Å². The number of ketones is 4. The quantitative estimate of drug-likeness (QED) is 0.0152. The van der Waals surface area contributed by atoms with Gasteiger partial charge in [0.2, 0.25) is 23.1 Å². The summed E-state index contributed by atoms with van der Waals surface area (Å²) >= 11 is 0. The van der Waals surface area contributed by atoms with Gasteiger partial charge in [0.25, 0.3) is 0 Å². The molecule has 16 nitrogen and oxygen atoms in total. The van der Waals surface area contributed by atoms with Crippen molar-refractivity contribution in [2.75, 3.05) is 0 Å². The van der Waals surface area contributed by atoms with Crippen molar-refractivity contribution in [3.8, 4) is 0 Å². The Labute approximate surface area is 629 Å². The highest BCUT2D eigenvalue weighted by molar-refractivity contribution is 6.18. The number of hydrogen-bond acceptors (Lipinski definition) is 16. The van der Waals surface area contributed by atoms with E-state index in [9.17, 15) is 9.59 Å². The number of Topliss-reactive ketones (excluding diaryl/α,β-unsaturated/α-hetero) is 4. The molecule has 2 aromatic rings. The molecule has 0 spiro atoms. The van der Waals surface area contributed by atoms with Crippen LogP contribution in [0.5, 0.6) is 0 Å².